The number of benzene rings is 3. The van der Waals surface area contributed by atoms with Gasteiger partial charge in [0.05, 0.1) is 36.5 Å². The van der Waals surface area contributed by atoms with E-state index in [0.717, 1.165) is 12.1 Å². The van der Waals surface area contributed by atoms with Crippen LogP contribution in [0.2, 0.25) is 0 Å². The lowest BCUT2D eigenvalue weighted by Crippen LogP contribution is -2.62. The van der Waals surface area contributed by atoms with Crippen LogP contribution in [0.3, 0.4) is 0 Å². The number of carbonyl (C=O) groups is 4. The fraction of sp³-hybridized carbons (Fsp3) is 0.436. The molecule has 0 spiro atoms. The van der Waals surface area contributed by atoms with E-state index in [0.29, 0.717) is 0 Å². The summed E-state index contributed by atoms with van der Waals surface area (Å²) in [5.74, 6) is -6.80. The number of carboxylic acid groups (broad SMARTS) is 1. The maximum absolute atomic E-state index is 14.0. The Kier molecular flexibility index (Phi) is 10.9. The number of nitrogens with one attached hydrogen (secondary N) is 1. The fourth-order valence-corrected chi connectivity index (χ4v) is 7.88. The second kappa shape index (κ2) is 15.4. The second-order valence-corrected chi connectivity index (χ2v) is 14.8. The van der Waals surface area contributed by atoms with Crippen molar-refractivity contribution in [2.75, 3.05) is 13.7 Å². The standard InChI is InChI=1S/C39H41NO19/c1-10-5-17-23(30(48)20(10)36(52)40-11(2)37(53)54)22-15(8-16-24(31(22)49)27(45)14-6-13(55-4)7-18(41)21(14)26(16)44)28(46)34(17)58-39-33(51)35(25(43)12(3)57-39)59-38-32(50)29(47)19(42)9-56-38/h5-8,11-12,19,25,28-29,32-35,38-39,41-43,46-51H,9H2,1-4H3,(H,40,52)(H,53,54)/t11-,12-,19-,25+,28+,29+,32-,33-,34+,35+,38+,39+/m1/s1. The topological polar surface area (TPSA) is 329 Å². The molecule has 59 heavy (non-hydrogen) atoms. The molecule has 20 nitrogen and oxygen atoms in total. The first-order valence-corrected chi connectivity index (χ1v) is 18.3. The molecule has 1 amide bonds. The SMILES string of the molecule is COc1cc(O)c2c(c1)C(=O)c1c(cc3c(c1O)-c1c(cc(C)c(C(=O)N[C@H](C)C(=O)O)c1O)[C@H](O[C@@H]1O[C@H](C)[C@H](O)[C@H](O[C@@H]4OC[C@@H](O)[C@H](O)[C@H]4O)[C@H]1O)[C@H]3O)C2=O. The predicted octanol–water partition coefficient (Wildman–Crippen LogP) is -0.839. The molecule has 20 heteroatoms. The molecule has 4 aliphatic rings. The molecule has 2 aliphatic heterocycles. The molecule has 0 saturated carbocycles. The summed E-state index contributed by atoms with van der Waals surface area (Å²) in [5, 5.41) is 111. The Bertz CT molecular complexity index is 2260. The van der Waals surface area contributed by atoms with Crippen LogP contribution in [-0.2, 0) is 23.7 Å². The average molecular weight is 828 g/mol. The van der Waals surface area contributed by atoms with Gasteiger partial charge in [0.15, 0.2) is 24.1 Å². The van der Waals surface area contributed by atoms with Crippen LogP contribution in [0.5, 0.6) is 23.0 Å². The van der Waals surface area contributed by atoms with Gasteiger partial charge in [0.25, 0.3) is 5.91 Å². The highest BCUT2D eigenvalue weighted by atomic mass is 16.7. The predicted molar refractivity (Wildman–Crippen MR) is 194 cm³/mol. The van der Waals surface area contributed by atoms with Crippen LogP contribution in [0.25, 0.3) is 11.1 Å². The van der Waals surface area contributed by atoms with Gasteiger partial charge in [0, 0.05) is 28.3 Å². The van der Waals surface area contributed by atoms with Gasteiger partial charge in [0.2, 0.25) is 0 Å². The average Bonchev–Trinajstić information content (AvgIpc) is 3.18. The van der Waals surface area contributed by atoms with Crippen LogP contribution in [0.15, 0.2) is 24.3 Å². The van der Waals surface area contributed by atoms with Crippen molar-refractivity contribution in [1.29, 1.82) is 0 Å². The molecule has 2 aliphatic carbocycles. The third-order valence-electron chi connectivity index (χ3n) is 11.0. The molecule has 3 aromatic carbocycles. The molecule has 0 aromatic heterocycles. The van der Waals surface area contributed by atoms with E-state index in [-0.39, 0.29) is 28.0 Å². The summed E-state index contributed by atoms with van der Waals surface area (Å²) in [6, 6.07) is 3.12. The number of amides is 1. The van der Waals surface area contributed by atoms with Gasteiger partial charge < -0.3 is 80.1 Å². The number of aryl methyl sites for hydroxylation is 1. The number of carbonyl (C=O) groups excluding carboxylic acids is 3. The van der Waals surface area contributed by atoms with Crippen LogP contribution in [-0.4, -0.2) is 150 Å². The molecule has 316 valence electrons. The van der Waals surface area contributed by atoms with E-state index in [1.54, 1.807) is 0 Å². The summed E-state index contributed by atoms with van der Waals surface area (Å²) in [7, 11) is 1.25. The normalized spacial score (nSPS) is 30.4. The van der Waals surface area contributed by atoms with E-state index in [2.05, 4.69) is 5.32 Å². The zero-order valence-corrected chi connectivity index (χ0v) is 31.6. The van der Waals surface area contributed by atoms with Gasteiger partial charge in [0.1, 0.15) is 77.9 Å². The number of phenols is 3. The largest absolute Gasteiger partial charge is 0.507 e. The molecule has 11 N–H and O–H groups in total. The molecule has 2 saturated heterocycles. The highest BCUT2D eigenvalue weighted by Crippen LogP contribution is 2.57. The van der Waals surface area contributed by atoms with Gasteiger partial charge in [-0.15, -0.1) is 0 Å². The van der Waals surface area contributed by atoms with Crippen molar-refractivity contribution in [3.8, 4) is 34.1 Å². The number of ether oxygens (including phenoxy) is 5. The lowest BCUT2D eigenvalue weighted by atomic mass is 9.74. The summed E-state index contributed by atoms with van der Waals surface area (Å²) >= 11 is 0. The minimum Gasteiger partial charge on any atom is -0.507 e. The lowest BCUT2D eigenvalue weighted by Gasteiger charge is -2.45. The van der Waals surface area contributed by atoms with E-state index in [4.69, 9.17) is 23.7 Å². The Hall–Kier alpha value is -5.26. The van der Waals surface area contributed by atoms with Crippen molar-refractivity contribution in [3.63, 3.8) is 0 Å². The first-order valence-electron chi connectivity index (χ1n) is 18.3. The smallest absolute Gasteiger partial charge is 0.325 e. The Morgan fingerprint density at radius 2 is 1.44 bits per heavy atom. The van der Waals surface area contributed by atoms with E-state index in [9.17, 15) is 70.2 Å². The Morgan fingerprint density at radius 1 is 0.797 bits per heavy atom. The minimum atomic E-state index is -1.96. The molecule has 2 heterocycles. The molecule has 7 rings (SSSR count). The van der Waals surface area contributed by atoms with Crippen LogP contribution in [0.4, 0.5) is 0 Å². The molecule has 3 aromatic rings. The number of rotatable bonds is 8. The van der Waals surface area contributed by atoms with E-state index < -0.39 is 154 Å². The lowest BCUT2D eigenvalue weighted by molar-refractivity contribution is -0.353. The van der Waals surface area contributed by atoms with Crippen LogP contribution in [0.1, 0.15) is 84.9 Å². The monoisotopic (exact) mass is 827 g/mol. The number of methoxy groups -OCH3 is 1. The number of aromatic hydroxyl groups is 3. The Morgan fingerprint density at radius 3 is 2.10 bits per heavy atom. The van der Waals surface area contributed by atoms with Gasteiger partial charge in [-0.2, -0.15) is 0 Å². The van der Waals surface area contributed by atoms with Gasteiger partial charge in [-0.3, -0.25) is 19.2 Å². The zero-order valence-electron chi connectivity index (χ0n) is 31.6. The number of ketones is 2. The molecule has 0 radical (unpaired) electrons. The quantitative estimate of drug-likeness (QED) is 0.103. The number of aliphatic hydroxyl groups is 6. The number of carboxylic acids is 1. The number of aliphatic hydroxyl groups excluding tert-OH is 6. The minimum absolute atomic E-state index is 0.0000755. The van der Waals surface area contributed by atoms with E-state index in [1.807, 2.05) is 0 Å². The number of hydrogen-bond acceptors (Lipinski definition) is 18. The van der Waals surface area contributed by atoms with Crippen molar-refractivity contribution in [3.05, 3.63) is 68.8 Å². The number of fused-ring (bicyclic) bond motifs is 5. The van der Waals surface area contributed by atoms with E-state index in [1.165, 1.54) is 40.0 Å². The molecule has 12 atom stereocenters. The molecular weight excluding hydrogens is 786 g/mol. The molecule has 2 fully saturated rings. The molecule has 0 unspecified atom stereocenters. The number of aliphatic carboxylic acids is 1. The summed E-state index contributed by atoms with van der Waals surface area (Å²) < 4.78 is 28.1. The van der Waals surface area contributed by atoms with Crippen molar-refractivity contribution in [2.45, 2.75) is 94.3 Å². The Labute approximate surface area is 333 Å². The van der Waals surface area contributed by atoms with Gasteiger partial charge >= 0.3 is 5.97 Å². The highest BCUT2D eigenvalue weighted by Gasteiger charge is 2.51. The van der Waals surface area contributed by atoms with Gasteiger partial charge in [-0.25, -0.2) is 0 Å². The zero-order chi connectivity index (χ0) is 43.1. The van der Waals surface area contributed by atoms with Crippen LogP contribution >= 0.6 is 0 Å². The maximum atomic E-state index is 14.0. The molecular formula is C39H41NO19. The maximum Gasteiger partial charge on any atom is 0.325 e. The third-order valence-corrected chi connectivity index (χ3v) is 11.0. The second-order valence-electron chi connectivity index (χ2n) is 14.8. The number of hydrogen-bond donors (Lipinski definition) is 11. The van der Waals surface area contributed by atoms with Crippen molar-refractivity contribution < 1.29 is 93.9 Å². The van der Waals surface area contributed by atoms with Crippen molar-refractivity contribution >= 4 is 23.4 Å². The summed E-state index contributed by atoms with van der Waals surface area (Å²) in [5.41, 5.74) is -3.66. The van der Waals surface area contributed by atoms with E-state index >= 15 is 0 Å². The van der Waals surface area contributed by atoms with Gasteiger partial charge in [-0.1, -0.05) is 6.07 Å². The van der Waals surface area contributed by atoms with Crippen molar-refractivity contribution in [1.82, 2.24) is 5.32 Å². The van der Waals surface area contributed by atoms with Gasteiger partial charge in [-0.05, 0) is 49.6 Å². The number of phenolic OH excluding ortho intramolecular Hbond substituents is 3. The van der Waals surface area contributed by atoms with Crippen LogP contribution < -0.4 is 10.1 Å². The first-order chi connectivity index (χ1) is 27.8. The van der Waals surface area contributed by atoms with Crippen molar-refractivity contribution in [2.24, 2.45) is 0 Å². The first kappa shape index (κ1) is 41.9. The summed E-state index contributed by atoms with van der Waals surface area (Å²) in [4.78, 5) is 53.1. The highest BCUT2D eigenvalue weighted by molar-refractivity contribution is 6.31. The fourth-order valence-electron chi connectivity index (χ4n) is 7.88. The Balaban J connectivity index is 1.36. The summed E-state index contributed by atoms with van der Waals surface area (Å²) in [6.45, 7) is 3.43. The van der Waals surface area contributed by atoms with Crippen LogP contribution in [0, 0.1) is 6.92 Å². The summed E-state index contributed by atoms with van der Waals surface area (Å²) in [6.07, 6.45) is -18.6. The molecule has 0 bridgehead atoms. The third kappa shape index (κ3) is 6.76.